The lowest BCUT2D eigenvalue weighted by Crippen LogP contribution is -2.30. The Labute approximate surface area is 157 Å². The lowest BCUT2D eigenvalue weighted by Gasteiger charge is -2.20. The van der Waals surface area contributed by atoms with E-state index < -0.39 is 11.9 Å². The molecule has 0 radical (unpaired) electrons. The molecular weight excluding hydrogens is 352 g/mol. The molecule has 0 atom stereocenters. The van der Waals surface area contributed by atoms with Gasteiger partial charge in [0, 0.05) is 13.1 Å². The van der Waals surface area contributed by atoms with Gasteiger partial charge in [-0.05, 0) is 43.8 Å². The summed E-state index contributed by atoms with van der Waals surface area (Å²) in [6.45, 7) is 4.93. The molecule has 1 saturated heterocycles. The van der Waals surface area contributed by atoms with E-state index in [0.717, 1.165) is 44.1 Å². The molecule has 8 nitrogen and oxygen atoms in total. The number of ether oxygens (including phenoxy) is 2. The number of carbonyl (C=O) groups excluding carboxylic acids is 2. The number of furan rings is 2. The molecule has 3 rings (SSSR count). The van der Waals surface area contributed by atoms with Crippen molar-refractivity contribution in [3.8, 4) is 0 Å². The standard InChI is InChI=1S/C19H24N2O6/c1-24-18(22)16-6-4-14(26-16)12-20-8-3-9-21(11-10-20)13-15-5-7-17(27-15)19(23)25-2/h4-7H,3,8-13H2,1-2H3. The van der Waals surface area contributed by atoms with E-state index >= 15 is 0 Å². The van der Waals surface area contributed by atoms with Crippen LogP contribution < -0.4 is 0 Å². The van der Waals surface area contributed by atoms with Crippen molar-refractivity contribution in [2.75, 3.05) is 40.4 Å². The molecule has 2 aromatic heterocycles. The summed E-state index contributed by atoms with van der Waals surface area (Å²) in [6.07, 6.45) is 1.01. The second kappa shape index (κ2) is 8.88. The summed E-state index contributed by atoms with van der Waals surface area (Å²) in [7, 11) is 2.67. The second-order valence-corrected chi connectivity index (χ2v) is 6.42. The summed E-state index contributed by atoms with van der Waals surface area (Å²) in [6, 6.07) is 6.90. The van der Waals surface area contributed by atoms with Crippen molar-refractivity contribution in [2.45, 2.75) is 19.5 Å². The van der Waals surface area contributed by atoms with Crippen molar-refractivity contribution in [1.29, 1.82) is 0 Å². The number of rotatable bonds is 6. The van der Waals surface area contributed by atoms with E-state index in [4.69, 9.17) is 8.83 Å². The maximum absolute atomic E-state index is 11.5. The Bertz CT molecular complexity index is 717. The Balaban J connectivity index is 1.51. The highest BCUT2D eigenvalue weighted by atomic mass is 16.5. The van der Waals surface area contributed by atoms with Gasteiger partial charge in [-0.3, -0.25) is 9.80 Å². The topological polar surface area (TPSA) is 85.4 Å². The summed E-state index contributed by atoms with van der Waals surface area (Å²) < 4.78 is 20.4. The van der Waals surface area contributed by atoms with Crippen LogP contribution in [0, 0.1) is 0 Å². The number of carbonyl (C=O) groups is 2. The van der Waals surface area contributed by atoms with Gasteiger partial charge in [0.25, 0.3) is 0 Å². The summed E-state index contributed by atoms with van der Waals surface area (Å²) in [5.74, 6) is 1.02. The van der Waals surface area contributed by atoms with Crippen LogP contribution in [0.4, 0.5) is 0 Å². The number of hydrogen-bond acceptors (Lipinski definition) is 8. The summed E-state index contributed by atoms with van der Waals surface area (Å²) in [5, 5.41) is 0. The molecule has 2 aromatic rings. The predicted octanol–water partition coefficient (Wildman–Crippen LogP) is 2.15. The van der Waals surface area contributed by atoms with Crippen LogP contribution in [0.2, 0.25) is 0 Å². The van der Waals surface area contributed by atoms with Gasteiger partial charge < -0.3 is 18.3 Å². The van der Waals surface area contributed by atoms with Crippen molar-refractivity contribution < 1.29 is 27.9 Å². The summed E-state index contributed by atoms with van der Waals surface area (Å²) in [5.41, 5.74) is 0. The third-order valence-electron chi connectivity index (χ3n) is 4.54. The fourth-order valence-electron chi connectivity index (χ4n) is 3.13. The number of hydrogen-bond donors (Lipinski definition) is 0. The van der Waals surface area contributed by atoms with Crippen molar-refractivity contribution in [2.24, 2.45) is 0 Å². The summed E-state index contributed by atoms with van der Waals surface area (Å²) >= 11 is 0. The molecule has 0 unspecified atom stereocenters. The van der Waals surface area contributed by atoms with E-state index in [0.29, 0.717) is 13.1 Å². The van der Waals surface area contributed by atoms with Crippen LogP contribution in [0.3, 0.4) is 0 Å². The third-order valence-corrected chi connectivity index (χ3v) is 4.54. The Morgan fingerprint density at radius 1 is 0.815 bits per heavy atom. The first kappa shape index (κ1) is 19.2. The van der Waals surface area contributed by atoms with Gasteiger partial charge in [-0.1, -0.05) is 0 Å². The van der Waals surface area contributed by atoms with E-state index in [1.165, 1.54) is 14.2 Å². The first-order valence-electron chi connectivity index (χ1n) is 8.88. The molecule has 0 amide bonds. The fraction of sp³-hybridized carbons (Fsp3) is 0.474. The SMILES string of the molecule is COC(=O)c1ccc(CN2CCCN(Cc3ccc(C(=O)OC)o3)CC2)o1. The van der Waals surface area contributed by atoms with Crippen LogP contribution >= 0.6 is 0 Å². The minimum Gasteiger partial charge on any atom is -0.463 e. The molecule has 0 aliphatic carbocycles. The van der Waals surface area contributed by atoms with E-state index in [1.807, 2.05) is 12.1 Å². The zero-order valence-electron chi connectivity index (χ0n) is 15.6. The van der Waals surface area contributed by atoms with Crippen molar-refractivity contribution in [1.82, 2.24) is 9.80 Å². The molecule has 1 fully saturated rings. The van der Waals surface area contributed by atoms with Gasteiger partial charge in [0.15, 0.2) is 0 Å². The van der Waals surface area contributed by atoms with Gasteiger partial charge >= 0.3 is 11.9 Å². The molecule has 1 aliphatic rings. The maximum atomic E-state index is 11.5. The van der Waals surface area contributed by atoms with Crippen LogP contribution in [-0.4, -0.2) is 62.1 Å². The Kier molecular flexibility index (Phi) is 6.31. The molecule has 0 aromatic carbocycles. The van der Waals surface area contributed by atoms with E-state index in [2.05, 4.69) is 19.3 Å². The van der Waals surface area contributed by atoms with Crippen LogP contribution in [0.25, 0.3) is 0 Å². The molecule has 27 heavy (non-hydrogen) atoms. The van der Waals surface area contributed by atoms with E-state index in [-0.39, 0.29) is 11.5 Å². The number of methoxy groups -OCH3 is 2. The van der Waals surface area contributed by atoms with Crippen molar-refractivity contribution in [3.63, 3.8) is 0 Å². The highest BCUT2D eigenvalue weighted by Gasteiger charge is 2.19. The monoisotopic (exact) mass is 376 g/mol. The zero-order chi connectivity index (χ0) is 19.2. The van der Waals surface area contributed by atoms with Gasteiger partial charge in [0.2, 0.25) is 11.5 Å². The maximum Gasteiger partial charge on any atom is 0.373 e. The summed E-state index contributed by atoms with van der Waals surface area (Å²) in [4.78, 5) is 27.5. The molecule has 1 aliphatic heterocycles. The molecule has 0 spiro atoms. The van der Waals surface area contributed by atoms with Gasteiger partial charge in [0.05, 0.1) is 27.3 Å². The molecular formula is C19H24N2O6. The Morgan fingerprint density at radius 2 is 1.26 bits per heavy atom. The van der Waals surface area contributed by atoms with Crippen LogP contribution in [0.1, 0.15) is 39.1 Å². The van der Waals surface area contributed by atoms with Crippen LogP contribution in [-0.2, 0) is 22.6 Å². The van der Waals surface area contributed by atoms with Gasteiger partial charge in [-0.2, -0.15) is 0 Å². The predicted molar refractivity (Wildman–Crippen MR) is 95.3 cm³/mol. The molecule has 146 valence electrons. The minimum absolute atomic E-state index is 0.225. The lowest BCUT2D eigenvalue weighted by molar-refractivity contribution is 0.0553. The number of esters is 2. The Hall–Kier alpha value is -2.58. The van der Waals surface area contributed by atoms with E-state index in [1.54, 1.807) is 12.1 Å². The molecule has 0 bridgehead atoms. The quantitative estimate of drug-likeness (QED) is 0.709. The minimum atomic E-state index is -0.465. The highest BCUT2D eigenvalue weighted by molar-refractivity contribution is 5.86. The van der Waals surface area contributed by atoms with Crippen LogP contribution in [0.15, 0.2) is 33.1 Å². The molecule has 3 heterocycles. The van der Waals surface area contributed by atoms with Crippen molar-refractivity contribution >= 4 is 11.9 Å². The smallest absolute Gasteiger partial charge is 0.373 e. The number of nitrogens with zero attached hydrogens (tertiary/aromatic N) is 2. The highest BCUT2D eigenvalue weighted by Crippen LogP contribution is 2.16. The largest absolute Gasteiger partial charge is 0.463 e. The van der Waals surface area contributed by atoms with Gasteiger partial charge in [-0.15, -0.1) is 0 Å². The first-order chi connectivity index (χ1) is 13.1. The van der Waals surface area contributed by atoms with E-state index in [9.17, 15) is 9.59 Å². The lowest BCUT2D eigenvalue weighted by atomic mass is 10.3. The fourth-order valence-corrected chi connectivity index (χ4v) is 3.13. The zero-order valence-corrected chi connectivity index (χ0v) is 15.6. The second-order valence-electron chi connectivity index (χ2n) is 6.42. The first-order valence-corrected chi connectivity index (χ1v) is 8.88. The van der Waals surface area contributed by atoms with Crippen LogP contribution in [0.5, 0.6) is 0 Å². The Morgan fingerprint density at radius 3 is 1.67 bits per heavy atom. The average Bonchev–Trinajstić information content (AvgIpc) is 3.28. The van der Waals surface area contributed by atoms with Gasteiger partial charge in [0.1, 0.15) is 11.5 Å². The molecule has 0 N–H and O–H groups in total. The third kappa shape index (κ3) is 4.99. The van der Waals surface area contributed by atoms with Crippen molar-refractivity contribution in [3.05, 3.63) is 47.3 Å². The molecule has 0 saturated carbocycles. The normalized spacial score (nSPS) is 16.1. The average molecular weight is 376 g/mol. The molecule has 8 heteroatoms. The van der Waals surface area contributed by atoms with Gasteiger partial charge in [-0.25, -0.2) is 9.59 Å².